The highest BCUT2D eigenvalue weighted by atomic mass is 19.1. The fourth-order valence-corrected chi connectivity index (χ4v) is 6.47. The van der Waals surface area contributed by atoms with Gasteiger partial charge in [0.25, 0.3) is 0 Å². The second-order valence-electron chi connectivity index (χ2n) is 12.6. The van der Waals surface area contributed by atoms with E-state index in [-0.39, 0.29) is 30.1 Å². The maximum absolute atomic E-state index is 16.1. The van der Waals surface area contributed by atoms with Gasteiger partial charge in [0.2, 0.25) is 0 Å². The number of fused-ring (bicyclic) bond motifs is 2. The molecule has 5 rings (SSSR count). The van der Waals surface area contributed by atoms with Crippen LogP contribution in [0.3, 0.4) is 0 Å². The van der Waals surface area contributed by atoms with Crippen LogP contribution in [-0.4, -0.2) is 79.8 Å². The first-order chi connectivity index (χ1) is 20.1. The average molecular weight is 580 g/mol. The predicted octanol–water partition coefficient (Wildman–Crippen LogP) is 5.58. The van der Waals surface area contributed by atoms with Gasteiger partial charge in [0.1, 0.15) is 0 Å². The van der Waals surface area contributed by atoms with Gasteiger partial charge < -0.3 is 24.4 Å². The van der Waals surface area contributed by atoms with Gasteiger partial charge in [-0.1, -0.05) is 26.8 Å². The summed E-state index contributed by atoms with van der Waals surface area (Å²) in [6.45, 7) is 17.3. The van der Waals surface area contributed by atoms with E-state index in [1.54, 1.807) is 0 Å². The molecule has 2 aromatic carbocycles. The summed E-state index contributed by atoms with van der Waals surface area (Å²) in [5, 5.41) is 9.33. The SMILES string of the molecule is CC=C1c2c(cc(OCC)c(OCC)c2F)C2(CC2)N1CC(=O)c1cc(N2CCN(CCO)CC2)cc(C(C)(C)C)c1. The van der Waals surface area contributed by atoms with E-state index in [2.05, 4.69) is 41.5 Å². The molecule has 7 nitrogen and oxygen atoms in total. The Bertz CT molecular complexity index is 1350. The predicted molar refractivity (Wildman–Crippen MR) is 165 cm³/mol. The molecule has 0 bridgehead atoms. The van der Waals surface area contributed by atoms with Crippen molar-refractivity contribution in [3.63, 3.8) is 0 Å². The van der Waals surface area contributed by atoms with Gasteiger partial charge in [0, 0.05) is 55.2 Å². The summed E-state index contributed by atoms with van der Waals surface area (Å²) in [5.41, 5.74) is 4.48. The van der Waals surface area contributed by atoms with Crippen LogP contribution in [0.15, 0.2) is 30.3 Å². The zero-order chi connectivity index (χ0) is 30.2. The van der Waals surface area contributed by atoms with E-state index < -0.39 is 11.4 Å². The maximum atomic E-state index is 16.1. The van der Waals surface area contributed by atoms with Gasteiger partial charge in [0.15, 0.2) is 23.1 Å². The molecule has 1 aliphatic carbocycles. The molecule has 8 heteroatoms. The fourth-order valence-electron chi connectivity index (χ4n) is 6.47. The fraction of sp³-hybridized carbons (Fsp3) is 0.559. The summed E-state index contributed by atoms with van der Waals surface area (Å²) < 4.78 is 27.7. The molecule has 1 saturated heterocycles. The number of aliphatic hydroxyl groups excluding tert-OH is 1. The van der Waals surface area contributed by atoms with Gasteiger partial charge in [-0.3, -0.25) is 9.69 Å². The van der Waals surface area contributed by atoms with Crippen molar-refractivity contribution in [1.29, 1.82) is 0 Å². The topological polar surface area (TPSA) is 65.5 Å². The molecule has 0 aromatic heterocycles. The van der Waals surface area contributed by atoms with Crippen molar-refractivity contribution in [1.82, 2.24) is 9.80 Å². The van der Waals surface area contributed by atoms with Crippen LogP contribution in [0, 0.1) is 5.82 Å². The highest BCUT2D eigenvalue weighted by Gasteiger charge is 2.58. The number of ketones is 1. The van der Waals surface area contributed by atoms with E-state index in [4.69, 9.17) is 9.47 Å². The molecule has 2 aromatic rings. The van der Waals surface area contributed by atoms with E-state index in [1.807, 2.05) is 45.0 Å². The molecule has 42 heavy (non-hydrogen) atoms. The number of β-amino-alcohol motifs (C(OH)–C–C–N with tert-alkyl or cyclic N) is 1. The number of rotatable bonds is 10. The highest BCUT2D eigenvalue weighted by molar-refractivity contribution is 6.00. The number of hydrogen-bond donors (Lipinski definition) is 1. The summed E-state index contributed by atoms with van der Waals surface area (Å²) >= 11 is 0. The zero-order valence-corrected chi connectivity index (χ0v) is 26.1. The van der Waals surface area contributed by atoms with E-state index in [0.717, 1.165) is 61.5 Å². The van der Waals surface area contributed by atoms with Crippen molar-refractivity contribution in [2.75, 3.05) is 64.0 Å². The number of carbonyl (C=O) groups excluding carboxylic acids is 1. The molecule has 3 aliphatic rings. The van der Waals surface area contributed by atoms with E-state index in [0.29, 0.717) is 36.6 Å². The molecule has 2 heterocycles. The number of nitrogens with zero attached hydrogens (tertiary/aromatic N) is 3. The van der Waals surface area contributed by atoms with Crippen LogP contribution in [0.1, 0.15) is 81.4 Å². The highest BCUT2D eigenvalue weighted by Crippen LogP contribution is 2.62. The lowest BCUT2D eigenvalue weighted by Crippen LogP contribution is -2.47. The third-order valence-corrected chi connectivity index (χ3v) is 8.90. The third kappa shape index (κ3) is 5.51. The molecule has 0 atom stereocenters. The largest absolute Gasteiger partial charge is 0.490 e. The number of piperazine rings is 1. The first-order valence-corrected chi connectivity index (χ1v) is 15.4. The lowest BCUT2D eigenvalue weighted by molar-refractivity contribution is 0.0938. The van der Waals surface area contributed by atoms with Gasteiger partial charge >= 0.3 is 0 Å². The van der Waals surface area contributed by atoms with Crippen LogP contribution in [0.4, 0.5) is 10.1 Å². The summed E-state index contributed by atoms with van der Waals surface area (Å²) in [4.78, 5) is 20.9. The zero-order valence-electron chi connectivity index (χ0n) is 26.1. The second-order valence-corrected chi connectivity index (χ2v) is 12.6. The number of ether oxygens (including phenoxy) is 2. The monoisotopic (exact) mass is 579 g/mol. The van der Waals surface area contributed by atoms with Crippen LogP contribution in [0.5, 0.6) is 11.5 Å². The minimum atomic E-state index is -0.413. The second kappa shape index (κ2) is 11.9. The van der Waals surface area contributed by atoms with Gasteiger partial charge in [-0.15, -0.1) is 0 Å². The van der Waals surface area contributed by atoms with Crippen molar-refractivity contribution >= 4 is 17.2 Å². The number of carbonyl (C=O) groups is 1. The number of hydrogen-bond acceptors (Lipinski definition) is 7. The quantitative estimate of drug-likeness (QED) is 0.369. The number of halogens is 1. The Balaban J connectivity index is 1.48. The van der Waals surface area contributed by atoms with Gasteiger partial charge in [-0.2, -0.15) is 0 Å². The molecular formula is C34H46FN3O4. The third-order valence-electron chi connectivity index (χ3n) is 8.90. The summed E-state index contributed by atoms with van der Waals surface area (Å²) in [6, 6.07) is 8.21. The van der Waals surface area contributed by atoms with Crippen LogP contribution in [0.2, 0.25) is 0 Å². The van der Waals surface area contributed by atoms with Crippen LogP contribution >= 0.6 is 0 Å². The van der Waals surface area contributed by atoms with Crippen LogP contribution in [-0.2, 0) is 11.0 Å². The van der Waals surface area contributed by atoms with Gasteiger partial charge in [0.05, 0.1) is 31.9 Å². The molecule has 228 valence electrons. The molecule has 0 amide bonds. The van der Waals surface area contributed by atoms with Crippen molar-refractivity contribution < 1.29 is 23.8 Å². The van der Waals surface area contributed by atoms with Gasteiger partial charge in [-0.25, -0.2) is 4.39 Å². The Kier molecular flexibility index (Phi) is 8.59. The molecular weight excluding hydrogens is 533 g/mol. The molecule has 1 saturated carbocycles. The minimum absolute atomic E-state index is 0.0233. The Morgan fingerprint density at radius 1 is 1.05 bits per heavy atom. The van der Waals surface area contributed by atoms with E-state index in [9.17, 15) is 9.90 Å². The summed E-state index contributed by atoms with van der Waals surface area (Å²) in [6.07, 6.45) is 3.63. The Morgan fingerprint density at radius 3 is 2.31 bits per heavy atom. The number of Topliss-reactive ketones (excluding diaryl/α,β-unsaturated/α-hetero) is 1. The van der Waals surface area contributed by atoms with Crippen molar-refractivity contribution in [2.24, 2.45) is 0 Å². The lowest BCUT2D eigenvalue weighted by atomic mass is 9.85. The molecule has 2 fully saturated rings. The first kappa shape index (κ1) is 30.4. The number of aliphatic hydroxyl groups is 1. The standard InChI is InChI=1S/C34H46FN3O4/c1-7-27-30-26(21-29(41-8-2)32(31(30)35)42-9-3)34(10-11-34)38(27)22-28(40)23-18-24(33(4,5)6)20-25(19-23)37-14-12-36(13-15-37)16-17-39/h7,18-21,39H,8-17,22H2,1-6H3. The summed E-state index contributed by atoms with van der Waals surface area (Å²) in [7, 11) is 0. The van der Waals surface area contributed by atoms with E-state index in [1.165, 1.54) is 0 Å². The Morgan fingerprint density at radius 2 is 1.74 bits per heavy atom. The van der Waals surface area contributed by atoms with Crippen LogP contribution < -0.4 is 14.4 Å². The molecule has 0 unspecified atom stereocenters. The maximum Gasteiger partial charge on any atom is 0.197 e. The van der Waals surface area contributed by atoms with Crippen LogP contribution in [0.25, 0.3) is 5.70 Å². The van der Waals surface area contributed by atoms with Crippen molar-refractivity contribution in [3.05, 3.63) is 58.4 Å². The Labute approximate surface area is 249 Å². The normalized spacial score (nSPS) is 19.0. The van der Waals surface area contributed by atoms with Crippen molar-refractivity contribution in [2.45, 2.75) is 65.3 Å². The number of anilines is 1. The summed E-state index contributed by atoms with van der Waals surface area (Å²) in [5.74, 6) is 0.176. The molecule has 1 N–H and O–H groups in total. The average Bonchev–Trinajstić information content (AvgIpc) is 3.72. The molecule has 1 spiro atoms. The Hall–Kier alpha value is -3.10. The van der Waals surface area contributed by atoms with Gasteiger partial charge in [-0.05, 0) is 74.4 Å². The molecule has 2 aliphatic heterocycles. The molecule has 0 radical (unpaired) electrons. The number of allylic oxidation sites excluding steroid dienone is 1. The minimum Gasteiger partial charge on any atom is -0.490 e. The smallest absolute Gasteiger partial charge is 0.197 e. The van der Waals surface area contributed by atoms with Crippen molar-refractivity contribution in [3.8, 4) is 11.5 Å². The van der Waals surface area contributed by atoms with E-state index >= 15 is 4.39 Å². The lowest BCUT2D eigenvalue weighted by Gasteiger charge is -2.36. The first-order valence-electron chi connectivity index (χ1n) is 15.4. The number of benzene rings is 2.